The number of rotatable bonds is 12. The number of hydrogen-bond acceptors (Lipinski definition) is 3. The van der Waals surface area contributed by atoms with E-state index in [2.05, 4.69) is 41.5 Å². The Morgan fingerprint density at radius 1 is 0.913 bits per heavy atom. The lowest BCUT2D eigenvalue weighted by molar-refractivity contribution is 0.0750. The molecular weight excluding hydrogens is 284 g/mol. The minimum Gasteiger partial charge on any atom is -0.393 e. The first-order valence-corrected chi connectivity index (χ1v) is 9.77. The summed E-state index contributed by atoms with van der Waals surface area (Å²) in [5.41, 5.74) is 12.4. The van der Waals surface area contributed by atoms with Gasteiger partial charge in [0.1, 0.15) is 0 Å². The van der Waals surface area contributed by atoms with Crippen molar-refractivity contribution in [1.82, 2.24) is 0 Å². The van der Waals surface area contributed by atoms with E-state index in [-0.39, 0.29) is 17.4 Å². The average molecular weight is 329 g/mol. The van der Waals surface area contributed by atoms with Crippen molar-refractivity contribution in [2.45, 2.75) is 111 Å². The van der Waals surface area contributed by atoms with Gasteiger partial charge in [-0.2, -0.15) is 0 Å². The first-order valence-electron chi connectivity index (χ1n) is 9.77. The van der Waals surface area contributed by atoms with Gasteiger partial charge in [-0.25, -0.2) is 0 Å². The molecule has 0 saturated carbocycles. The highest BCUT2D eigenvalue weighted by atomic mass is 16.3. The molecule has 0 aromatic heterocycles. The number of unbranched alkanes of at least 4 members (excludes halogenated alkanes) is 2. The monoisotopic (exact) mass is 328 g/mol. The molecule has 23 heavy (non-hydrogen) atoms. The van der Waals surface area contributed by atoms with E-state index < -0.39 is 5.66 Å². The molecule has 0 radical (unpaired) electrons. The van der Waals surface area contributed by atoms with E-state index in [1.165, 1.54) is 19.3 Å². The highest BCUT2D eigenvalue weighted by Gasteiger charge is 2.35. The lowest BCUT2D eigenvalue weighted by atomic mass is 9.75. The molecule has 0 amide bonds. The van der Waals surface area contributed by atoms with Crippen LogP contribution in [0.2, 0.25) is 0 Å². The van der Waals surface area contributed by atoms with Gasteiger partial charge in [-0.15, -0.1) is 0 Å². The summed E-state index contributed by atoms with van der Waals surface area (Å²) in [6.45, 7) is 13.2. The fraction of sp³-hybridized carbons (Fsp3) is 1.00. The van der Waals surface area contributed by atoms with Crippen LogP contribution in [0.5, 0.6) is 0 Å². The second-order valence-electron chi connectivity index (χ2n) is 9.06. The van der Waals surface area contributed by atoms with Crippen LogP contribution in [-0.4, -0.2) is 16.9 Å². The Morgan fingerprint density at radius 2 is 1.43 bits per heavy atom. The van der Waals surface area contributed by atoms with Crippen LogP contribution in [0.25, 0.3) is 0 Å². The lowest BCUT2D eigenvalue weighted by Crippen LogP contribution is -2.58. The Kier molecular flexibility index (Phi) is 10.6. The maximum Gasteiger partial charge on any atom is 0.0671 e. The van der Waals surface area contributed by atoms with Crippen molar-refractivity contribution >= 4 is 0 Å². The van der Waals surface area contributed by atoms with E-state index in [1.54, 1.807) is 0 Å². The highest BCUT2D eigenvalue weighted by molar-refractivity contribution is 4.90. The Hall–Kier alpha value is -0.120. The molecule has 0 spiro atoms. The van der Waals surface area contributed by atoms with Crippen LogP contribution >= 0.6 is 0 Å². The third-order valence-electron chi connectivity index (χ3n) is 4.78. The van der Waals surface area contributed by atoms with Gasteiger partial charge in [0, 0.05) is 0 Å². The van der Waals surface area contributed by atoms with Crippen LogP contribution in [0.4, 0.5) is 0 Å². The van der Waals surface area contributed by atoms with Crippen LogP contribution in [-0.2, 0) is 0 Å². The van der Waals surface area contributed by atoms with Crippen LogP contribution in [0.15, 0.2) is 0 Å². The van der Waals surface area contributed by atoms with Gasteiger partial charge in [0.25, 0.3) is 0 Å². The number of aliphatic hydroxyl groups is 1. The van der Waals surface area contributed by atoms with Gasteiger partial charge in [-0.05, 0) is 42.9 Å². The summed E-state index contributed by atoms with van der Waals surface area (Å²) >= 11 is 0. The zero-order valence-electron chi connectivity index (χ0n) is 16.7. The minimum atomic E-state index is -0.693. The van der Waals surface area contributed by atoms with Crippen molar-refractivity contribution < 1.29 is 5.11 Å². The summed E-state index contributed by atoms with van der Waals surface area (Å²) in [4.78, 5) is 0. The molecule has 3 unspecified atom stereocenters. The summed E-state index contributed by atoms with van der Waals surface area (Å²) in [6.07, 6.45) is 9.06. The SMILES string of the molecule is CCCCC(C)CC(O)CC(CCCC)C(N)(N)CC(C)(C)C. The van der Waals surface area contributed by atoms with Crippen LogP contribution < -0.4 is 11.5 Å². The van der Waals surface area contributed by atoms with Crippen molar-refractivity contribution in [2.75, 3.05) is 0 Å². The molecule has 0 aliphatic rings. The molecule has 0 aromatic rings. The summed E-state index contributed by atoms with van der Waals surface area (Å²) in [5, 5.41) is 10.5. The smallest absolute Gasteiger partial charge is 0.0671 e. The number of hydrogen-bond donors (Lipinski definition) is 3. The Bertz CT molecular complexity index is 297. The predicted molar refractivity (Wildman–Crippen MR) is 102 cm³/mol. The molecule has 3 atom stereocenters. The van der Waals surface area contributed by atoms with E-state index in [4.69, 9.17) is 11.5 Å². The van der Waals surface area contributed by atoms with E-state index in [0.717, 1.165) is 38.5 Å². The third-order valence-corrected chi connectivity index (χ3v) is 4.78. The van der Waals surface area contributed by atoms with Crippen LogP contribution in [0.1, 0.15) is 99.3 Å². The molecule has 3 heteroatoms. The first-order chi connectivity index (χ1) is 10.5. The fourth-order valence-electron chi connectivity index (χ4n) is 3.68. The molecule has 3 nitrogen and oxygen atoms in total. The summed E-state index contributed by atoms with van der Waals surface area (Å²) in [5.74, 6) is 0.763. The van der Waals surface area contributed by atoms with Crippen molar-refractivity contribution in [2.24, 2.45) is 28.7 Å². The van der Waals surface area contributed by atoms with Crippen molar-refractivity contribution in [3.05, 3.63) is 0 Å². The van der Waals surface area contributed by atoms with Gasteiger partial charge in [0.2, 0.25) is 0 Å². The zero-order chi connectivity index (χ0) is 18.1. The van der Waals surface area contributed by atoms with E-state index >= 15 is 0 Å². The van der Waals surface area contributed by atoms with Crippen LogP contribution in [0, 0.1) is 17.3 Å². The zero-order valence-corrected chi connectivity index (χ0v) is 16.7. The molecule has 0 rings (SSSR count). The predicted octanol–water partition coefficient (Wildman–Crippen LogP) is 4.81. The fourth-order valence-corrected chi connectivity index (χ4v) is 3.68. The molecule has 0 saturated heterocycles. The molecule has 140 valence electrons. The highest BCUT2D eigenvalue weighted by Crippen LogP contribution is 2.33. The Morgan fingerprint density at radius 3 is 1.91 bits per heavy atom. The molecule has 0 fully saturated rings. The summed E-state index contributed by atoms with van der Waals surface area (Å²) in [7, 11) is 0. The molecular formula is C20H44N2O. The Labute approximate surface area is 145 Å². The van der Waals surface area contributed by atoms with E-state index in [9.17, 15) is 5.11 Å². The molecule has 0 aliphatic carbocycles. The van der Waals surface area contributed by atoms with Crippen molar-refractivity contribution in [1.29, 1.82) is 0 Å². The number of aliphatic hydroxyl groups excluding tert-OH is 1. The first kappa shape index (κ1) is 22.9. The standard InChI is InChI=1S/C20H44N2O/c1-7-9-11-16(3)13-18(23)14-17(12-10-8-2)20(21,22)15-19(4,5)6/h16-18,23H,7-15,21-22H2,1-6H3. The number of nitrogens with two attached hydrogens (primary N) is 2. The largest absolute Gasteiger partial charge is 0.393 e. The Balaban J connectivity index is 4.70. The molecule has 0 aliphatic heterocycles. The normalized spacial score (nSPS) is 17.1. The second-order valence-corrected chi connectivity index (χ2v) is 9.06. The van der Waals surface area contributed by atoms with E-state index in [1.807, 2.05) is 0 Å². The second kappa shape index (κ2) is 10.7. The van der Waals surface area contributed by atoms with Gasteiger partial charge in [0.05, 0.1) is 11.8 Å². The average Bonchev–Trinajstić information content (AvgIpc) is 2.38. The van der Waals surface area contributed by atoms with Crippen molar-refractivity contribution in [3.63, 3.8) is 0 Å². The maximum absolute atomic E-state index is 10.5. The maximum atomic E-state index is 10.5. The summed E-state index contributed by atoms with van der Waals surface area (Å²) < 4.78 is 0. The minimum absolute atomic E-state index is 0.104. The van der Waals surface area contributed by atoms with Gasteiger partial charge in [-0.3, -0.25) is 0 Å². The third kappa shape index (κ3) is 11.1. The molecule has 0 heterocycles. The van der Waals surface area contributed by atoms with Gasteiger partial charge in [-0.1, -0.05) is 73.6 Å². The van der Waals surface area contributed by atoms with Gasteiger partial charge >= 0.3 is 0 Å². The summed E-state index contributed by atoms with van der Waals surface area (Å²) in [6, 6.07) is 0. The van der Waals surface area contributed by atoms with Crippen LogP contribution in [0.3, 0.4) is 0 Å². The topological polar surface area (TPSA) is 72.3 Å². The van der Waals surface area contributed by atoms with Gasteiger partial charge < -0.3 is 16.6 Å². The quantitative estimate of drug-likeness (QED) is 0.450. The molecule has 5 N–H and O–H groups in total. The lowest BCUT2D eigenvalue weighted by Gasteiger charge is -2.40. The van der Waals surface area contributed by atoms with Gasteiger partial charge in [0.15, 0.2) is 0 Å². The van der Waals surface area contributed by atoms with Crippen molar-refractivity contribution in [3.8, 4) is 0 Å². The van der Waals surface area contributed by atoms with E-state index in [0.29, 0.717) is 5.92 Å². The molecule has 0 aromatic carbocycles. The molecule has 0 bridgehead atoms.